The molecule has 0 unspecified atom stereocenters. The number of hydrogen-bond donors (Lipinski definition) is 2. The van der Waals surface area contributed by atoms with Gasteiger partial charge >= 0.3 is 11.7 Å². The second kappa shape index (κ2) is 11.3. The van der Waals surface area contributed by atoms with Gasteiger partial charge in [0.05, 0.1) is 35.2 Å². The number of aromatic hydroxyl groups is 1. The van der Waals surface area contributed by atoms with Gasteiger partial charge in [0, 0.05) is 6.21 Å². The Morgan fingerprint density at radius 2 is 1.91 bits per heavy atom. The maximum atomic E-state index is 12.4. The molecule has 1 heterocycles. The molecular formula is C24H24ClN3O6. The highest BCUT2D eigenvalue weighted by Crippen LogP contribution is 2.24. The number of H-pyrrole nitrogens is 1. The molecule has 2 N–H and O–H groups in total. The van der Waals surface area contributed by atoms with Crippen LogP contribution < -0.4 is 16.0 Å². The molecule has 3 rings (SSSR count). The summed E-state index contributed by atoms with van der Waals surface area (Å²) in [5, 5.41) is 10.9. The largest absolute Gasteiger partial charge is 0.494 e. The number of aliphatic imine (C=N–C) groups is 1. The van der Waals surface area contributed by atoms with Gasteiger partial charge in [-0.25, -0.2) is 14.2 Å². The Balaban J connectivity index is 1.94. The molecule has 3 aromatic rings. The quantitative estimate of drug-likeness (QED) is 0.268. The minimum absolute atomic E-state index is 0.130. The zero-order valence-corrected chi connectivity index (χ0v) is 19.5. The third kappa shape index (κ3) is 5.74. The predicted octanol–water partition coefficient (Wildman–Crippen LogP) is 3.99. The molecule has 178 valence electrons. The first-order chi connectivity index (χ1) is 16.3. The fraction of sp³-hybridized carbons (Fsp3) is 0.250. The molecule has 0 saturated heterocycles. The van der Waals surface area contributed by atoms with Gasteiger partial charge in [0.2, 0.25) is 5.88 Å². The summed E-state index contributed by atoms with van der Waals surface area (Å²) >= 11 is 6.11. The summed E-state index contributed by atoms with van der Waals surface area (Å²) in [6.07, 6.45) is 2.71. The number of carbonyl (C=O) groups excluding carboxylic acids is 1. The molecule has 0 amide bonds. The molecule has 0 fully saturated rings. The average Bonchev–Trinajstić information content (AvgIpc) is 2.81. The Kier molecular flexibility index (Phi) is 8.26. The molecule has 0 aliphatic rings. The number of benzene rings is 2. The van der Waals surface area contributed by atoms with Crippen LogP contribution in [-0.4, -0.2) is 40.1 Å². The molecule has 0 aliphatic heterocycles. The Bertz CT molecular complexity index is 1310. The van der Waals surface area contributed by atoms with Crippen molar-refractivity contribution in [2.75, 3.05) is 13.2 Å². The zero-order valence-electron chi connectivity index (χ0n) is 18.7. The number of esters is 1. The van der Waals surface area contributed by atoms with E-state index in [9.17, 15) is 19.5 Å². The standard InChI is InChI=1S/C24H24ClN3O6/c1-3-5-12-34-23(31)18-13-15(6-11-20(18)25)26-14-19-21(29)27-24(32)28(22(19)30)16-7-9-17(10-8-16)33-4-2/h6-11,13-14,30H,3-5,12H2,1-2H3,(H,27,29,32). The van der Waals surface area contributed by atoms with Crippen LogP contribution in [0.15, 0.2) is 57.0 Å². The van der Waals surface area contributed by atoms with Gasteiger partial charge in [-0.1, -0.05) is 24.9 Å². The van der Waals surface area contributed by atoms with Crippen molar-refractivity contribution in [1.29, 1.82) is 0 Å². The molecule has 0 spiro atoms. The van der Waals surface area contributed by atoms with Gasteiger partial charge < -0.3 is 14.6 Å². The monoisotopic (exact) mass is 485 g/mol. The number of aromatic nitrogens is 2. The maximum absolute atomic E-state index is 12.4. The second-order valence-corrected chi connectivity index (χ2v) is 7.58. The van der Waals surface area contributed by atoms with E-state index >= 15 is 0 Å². The predicted molar refractivity (Wildman–Crippen MR) is 129 cm³/mol. The normalized spacial score (nSPS) is 11.0. The fourth-order valence-corrected chi connectivity index (χ4v) is 3.22. The molecule has 0 saturated carbocycles. The molecular weight excluding hydrogens is 462 g/mol. The Morgan fingerprint density at radius 1 is 1.18 bits per heavy atom. The Labute approximate surface area is 200 Å². The number of aromatic amines is 1. The lowest BCUT2D eigenvalue weighted by molar-refractivity contribution is 0.0500. The van der Waals surface area contributed by atoms with E-state index in [4.69, 9.17) is 21.1 Å². The lowest BCUT2D eigenvalue weighted by Gasteiger charge is -2.10. The van der Waals surface area contributed by atoms with Gasteiger partial charge in [0.1, 0.15) is 11.3 Å². The molecule has 1 aromatic heterocycles. The van der Waals surface area contributed by atoms with Crippen LogP contribution >= 0.6 is 11.6 Å². The molecule has 34 heavy (non-hydrogen) atoms. The number of carbonyl (C=O) groups is 1. The van der Waals surface area contributed by atoms with E-state index in [0.717, 1.165) is 23.6 Å². The maximum Gasteiger partial charge on any atom is 0.339 e. The van der Waals surface area contributed by atoms with Gasteiger partial charge in [-0.05, 0) is 55.8 Å². The molecule has 10 heteroatoms. The fourth-order valence-electron chi connectivity index (χ4n) is 3.03. The number of rotatable bonds is 9. The molecule has 2 aromatic carbocycles. The summed E-state index contributed by atoms with van der Waals surface area (Å²) in [5.74, 6) is -0.577. The molecule has 0 radical (unpaired) electrons. The number of ether oxygens (including phenoxy) is 2. The summed E-state index contributed by atoms with van der Waals surface area (Å²) in [6.45, 7) is 4.57. The van der Waals surface area contributed by atoms with Crippen LogP contribution in [0.2, 0.25) is 5.02 Å². The first-order valence-electron chi connectivity index (χ1n) is 10.7. The van der Waals surface area contributed by atoms with Crippen molar-refractivity contribution in [3.8, 4) is 17.3 Å². The van der Waals surface area contributed by atoms with E-state index in [1.165, 1.54) is 18.2 Å². The molecule has 9 nitrogen and oxygen atoms in total. The van der Waals surface area contributed by atoms with Crippen LogP contribution in [0.25, 0.3) is 5.69 Å². The van der Waals surface area contributed by atoms with E-state index in [-0.39, 0.29) is 22.8 Å². The number of unbranched alkanes of at least 4 members (excludes halogenated alkanes) is 1. The summed E-state index contributed by atoms with van der Waals surface area (Å²) in [5.41, 5.74) is -1.13. The minimum atomic E-state index is -0.818. The van der Waals surface area contributed by atoms with Crippen molar-refractivity contribution in [2.45, 2.75) is 26.7 Å². The van der Waals surface area contributed by atoms with Gasteiger partial charge in [0.25, 0.3) is 5.56 Å². The molecule has 0 bridgehead atoms. The summed E-state index contributed by atoms with van der Waals surface area (Å²) < 4.78 is 11.5. The van der Waals surface area contributed by atoms with Crippen molar-refractivity contribution in [3.05, 3.63) is 79.5 Å². The summed E-state index contributed by atoms with van der Waals surface area (Å²) in [7, 11) is 0. The van der Waals surface area contributed by atoms with Gasteiger partial charge in [-0.2, -0.15) is 0 Å². The van der Waals surface area contributed by atoms with E-state index in [1.54, 1.807) is 24.3 Å². The second-order valence-electron chi connectivity index (χ2n) is 7.17. The topological polar surface area (TPSA) is 123 Å². The van der Waals surface area contributed by atoms with Crippen LogP contribution in [0.1, 0.15) is 42.6 Å². The van der Waals surface area contributed by atoms with Crippen LogP contribution in [0.3, 0.4) is 0 Å². The van der Waals surface area contributed by atoms with Crippen LogP contribution in [0.5, 0.6) is 11.6 Å². The Morgan fingerprint density at radius 3 is 2.59 bits per heavy atom. The highest BCUT2D eigenvalue weighted by atomic mass is 35.5. The SMILES string of the molecule is CCCCOC(=O)c1cc(N=Cc2c(O)n(-c3ccc(OCC)cc3)c(=O)[nH]c2=O)ccc1Cl. The van der Waals surface area contributed by atoms with E-state index in [2.05, 4.69) is 9.98 Å². The first-order valence-corrected chi connectivity index (χ1v) is 11.1. The van der Waals surface area contributed by atoms with Crippen molar-refractivity contribution in [3.63, 3.8) is 0 Å². The summed E-state index contributed by atoms with van der Waals surface area (Å²) in [6, 6.07) is 10.9. The van der Waals surface area contributed by atoms with Gasteiger partial charge in [0.15, 0.2) is 0 Å². The number of halogens is 1. The summed E-state index contributed by atoms with van der Waals surface area (Å²) in [4.78, 5) is 43.3. The lowest BCUT2D eigenvalue weighted by Crippen LogP contribution is -2.31. The van der Waals surface area contributed by atoms with Gasteiger partial charge in [-0.15, -0.1) is 0 Å². The third-order valence-corrected chi connectivity index (χ3v) is 5.10. The lowest BCUT2D eigenvalue weighted by atomic mass is 10.2. The van der Waals surface area contributed by atoms with E-state index in [1.807, 2.05) is 13.8 Å². The van der Waals surface area contributed by atoms with Crippen LogP contribution in [0.4, 0.5) is 5.69 Å². The van der Waals surface area contributed by atoms with Crippen LogP contribution in [0, 0.1) is 0 Å². The molecule has 0 aliphatic carbocycles. The highest BCUT2D eigenvalue weighted by molar-refractivity contribution is 6.33. The van der Waals surface area contributed by atoms with E-state index < -0.39 is 23.1 Å². The first kappa shape index (κ1) is 24.8. The zero-order chi connectivity index (χ0) is 24.7. The van der Waals surface area contributed by atoms with Gasteiger partial charge in [-0.3, -0.25) is 14.8 Å². The van der Waals surface area contributed by atoms with Crippen LogP contribution in [-0.2, 0) is 4.74 Å². The number of nitrogens with one attached hydrogen (secondary N) is 1. The Hall–Kier alpha value is -3.85. The highest BCUT2D eigenvalue weighted by Gasteiger charge is 2.15. The average molecular weight is 486 g/mol. The van der Waals surface area contributed by atoms with Crippen molar-refractivity contribution < 1.29 is 19.4 Å². The smallest absolute Gasteiger partial charge is 0.339 e. The number of nitrogens with zero attached hydrogens (tertiary/aromatic N) is 2. The van der Waals surface area contributed by atoms with Crippen molar-refractivity contribution in [1.82, 2.24) is 9.55 Å². The third-order valence-electron chi connectivity index (χ3n) is 4.77. The number of hydrogen-bond acceptors (Lipinski definition) is 7. The van der Waals surface area contributed by atoms with Crippen molar-refractivity contribution in [2.24, 2.45) is 4.99 Å². The minimum Gasteiger partial charge on any atom is -0.494 e. The van der Waals surface area contributed by atoms with Crippen molar-refractivity contribution >= 4 is 29.5 Å². The molecule has 0 atom stereocenters. The van der Waals surface area contributed by atoms with E-state index in [0.29, 0.717) is 23.7 Å².